The van der Waals surface area contributed by atoms with E-state index in [2.05, 4.69) is 20.9 Å². The van der Waals surface area contributed by atoms with Crippen molar-refractivity contribution in [1.29, 1.82) is 0 Å². The smallest absolute Gasteiger partial charge is 0.128 e. The van der Waals surface area contributed by atoms with Crippen LogP contribution in [-0.4, -0.2) is 20.9 Å². The third-order valence-corrected chi connectivity index (χ3v) is 4.64. The summed E-state index contributed by atoms with van der Waals surface area (Å²) in [5.74, 6) is -0.233. The van der Waals surface area contributed by atoms with Gasteiger partial charge in [-0.05, 0) is 31.4 Å². The number of rotatable bonds is 1. The minimum atomic E-state index is -0.625. The second kappa shape index (κ2) is 5.00. The monoisotopic (exact) mass is 353 g/mol. The van der Waals surface area contributed by atoms with Crippen LogP contribution in [0, 0.1) is 5.82 Å². The van der Waals surface area contributed by atoms with Gasteiger partial charge in [0.15, 0.2) is 0 Å². The predicted molar refractivity (Wildman–Crippen MR) is 83.7 cm³/mol. The fraction of sp³-hybridized carbons (Fsp3) is 0.286. The van der Waals surface area contributed by atoms with E-state index in [1.807, 2.05) is 17.7 Å². The van der Waals surface area contributed by atoms with Gasteiger partial charge in [0.2, 0.25) is 0 Å². The molecule has 0 bridgehead atoms. The normalized spacial score (nSPS) is 21.5. The van der Waals surface area contributed by atoms with Crippen LogP contribution in [0.15, 0.2) is 40.2 Å². The molecule has 2 heterocycles. The zero-order chi connectivity index (χ0) is 14.3. The van der Waals surface area contributed by atoms with Gasteiger partial charge in [-0.25, -0.2) is 9.37 Å². The van der Waals surface area contributed by atoms with E-state index in [4.69, 9.17) is 4.99 Å². The fourth-order valence-electron chi connectivity index (χ4n) is 2.48. The van der Waals surface area contributed by atoms with Crippen LogP contribution in [0.1, 0.15) is 18.2 Å². The van der Waals surface area contributed by atoms with Crippen LogP contribution in [-0.2, 0) is 12.1 Å². The van der Waals surface area contributed by atoms with Crippen LogP contribution in [0.25, 0.3) is 0 Å². The largest absolute Gasteiger partial charge is 0.326 e. The van der Waals surface area contributed by atoms with Crippen molar-refractivity contribution >= 4 is 32.7 Å². The van der Waals surface area contributed by atoms with Crippen molar-refractivity contribution in [2.24, 2.45) is 4.99 Å². The zero-order valence-corrected chi connectivity index (χ0v) is 13.5. The molecule has 1 aromatic heterocycles. The van der Waals surface area contributed by atoms with Gasteiger partial charge in [-0.15, -0.1) is 11.8 Å². The molecule has 0 N–H and O–H groups in total. The second-order valence-electron chi connectivity index (χ2n) is 4.93. The van der Waals surface area contributed by atoms with Gasteiger partial charge >= 0.3 is 0 Å². The maximum Gasteiger partial charge on any atom is 0.128 e. The summed E-state index contributed by atoms with van der Waals surface area (Å²) in [5.41, 5.74) is 0.961. The van der Waals surface area contributed by atoms with E-state index in [0.29, 0.717) is 12.1 Å². The molecule has 3 nitrogen and oxygen atoms in total. The predicted octanol–water partition coefficient (Wildman–Crippen LogP) is 3.82. The Morgan fingerprint density at radius 3 is 3.00 bits per heavy atom. The minimum absolute atomic E-state index is 0.233. The van der Waals surface area contributed by atoms with Crippen LogP contribution < -0.4 is 0 Å². The van der Waals surface area contributed by atoms with Crippen molar-refractivity contribution in [2.75, 3.05) is 6.26 Å². The topological polar surface area (TPSA) is 30.2 Å². The number of fused-ring (bicyclic) bond motifs is 1. The molecule has 0 amide bonds. The van der Waals surface area contributed by atoms with Crippen molar-refractivity contribution in [1.82, 2.24) is 9.55 Å². The van der Waals surface area contributed by atoms with E-state index in [9.17, 15) is 4.39 Å². The van der Waals surface area contributed by atoms with Gasteiger partial charge in [-0.2, -0.15) is 0 Å². The van der Waals surface area contributed by atoms with E-state index in [1.165, 1.54) is 6.07 Å². The lowest BCUT2D eigenvalue weighted by Crippen LogP contribution is -2.33. The molecule has 1 atom stereocenters. The molecule has 0 fully saturated rings. The Hall–Kier alpha value is -1.14. The van der Waals surface area contributed by atoms with Crippen molar-refractivity contribution in [3.8, 4) is 0 Å². The first kappa shape index (κ1) is 13.8. The van der Waals surface area contributed by atoms with Crippen molar-refractivity contribution in [3.63, 3.8) is 0 Å². The lowest BCUT2D eigenvalue weighted by atomic mass is 9.91. The average Bonchev–Trinajstić information content (AvgIpc) is 2.88. The van der Waals surface area contributed by atoms with Gasteiger partial charge < -0.3 is 4.57 Å². The number of aliphatic imine (C=N–C) groups is 1. The van der Waals surface area contributed by atoms with Gasteiger partial charge in [-0.3, -0.25) is 4.99 Å². The molecule has 0 saturated heterocycles. The molecule has 1 aliphatic heterocycles. The van der Waals surface area contributed by atoms with Crippen molar-refractivity contribution in [2.45, 2.75) is 19.0 Å². The van der Waals surface area contributed by atoms with Crippen molar-refractivity contribution in [3.05, 3.63) is 52.3 Å². The number of imidazole rings is 1. The summed E-state index contributed by atoms with van der Waals surface area (Å²) in [6.07, 6.45) is 5.54. The Bertz CT molecular complexity index is 697. The van der Waals surface area contributed by atoms with Gasteiger partial charge in [0.05, 0.1) is 24.8 Å². The summed E-state index contributed by atoms with van der Waals surface area (Å²) < 4.78 is 17.1. The summed E-state index contributed by atoms with van der Waals surface area (Å²) in [4.78, 5) is 8.94. The number of benzene rings is 1. The van der Waals surface area contributed by atoms with Crippen LogP contribution in [0.4, 0.5) is 4.39 Å². The molecule has 0 radical (unpaired) electrons. The van der Waals surface area contributed by atoms with Crippen LogP contribution in [0.2, 0.25) is 0 Å². The molecule has 1 aliphatic rings. The number of thioether (sulfide) groups is 1. The Morgan fingerprint density at radius 1 is 1.45 bits per heavy atom. The maximum atomic E-state index is 14.2. The highest BCUT2D eigenvalue weighted by atomic mass is 79.9. The van der Waals surface area contributed by atoms with Gasteiger partial charge in [0, 0.05) is 10.0 Å². The molecule has 0 aliphatic carbocycles. The Balaban J connectivity index is 2.16. The minimum Gasteiger partial charge on any atom is -0.326 e. The number of hydrogen-bond acceptors (Lipinski definition) is 3. The van der Waals surface area contributed by atoms with Crippen LogP contribution in [0.5, 0.6) is 0 Å². The molecule has 20 heavy (non-hydrogen) atoms. The SMILES string of the molecule is CSC1=NC(C)(c2cc(Br)ccc2F)Cn2cncc21. The molecule has 1 unspecified atom stereocenters. The second-order valence-corrected chi connectivity index (χ2v) is 6.64. The first-order valence-corrected chi connectivity index (χ1v) is 8.15. The maximum absolute atomic E-state index is 14.2. The Labute approximate surface area is 129 Å². The Kier molecular flexibility index (Phi) is 3.46. The molecule has 0 saturated carbocycles. The van der Waals surface area contributed by atoms with Crippen molar-refractivity contribution < 1.29 is 4.39 Å². The standard InChI is InChI=1S/C14H13BrFN3S/c1-14(10-5-9(15)3-4-11(10)16)7-19-8-17-6-12(19)13(18-14)20-2/h3-6,8H,7H2,1-2H3. The lowest BCUT2D eigenvalue weighted by Gasteiger charge is -2.32. The zero-order valence-electron chi connectivity index (χ0n) is 11.1. The summed E-state index contributed by atoms with van der Waals surface area (Å²) in [7, 11) is 0. The fourth-order valence-corrected chi connectivity index (χ4v) is 3.51. The number of aromatic nitrogens is 2. The quantitative estimate of drug-likeness (QED) is 0.779. The Morgan fingerprint density at radius 2 is 2.25 bits per heavy atom. The highest BCUT2D eigenvalue weighted by molar-refractivity contribution is 9.10. The number of hydrogen-bond donors (Lipinski definition) is 0. The van der Waals surface area contributed by atoms with E-state index in [0.717, 1.165) is 15.2 Å². The summed E-state index contributed by atoms with van der Waals surface area (Å²) in [5, 5.41) is 0.885. The van der Waals surface area contributed by atoms with E-state index in [1.54, 1.807) is 36.4 Å². The summed E-state index contributed by atoms with van der Waals surface area (Å²) in [6.45, 7) is 2.54. The molecular formula is C14H13BrFN3S. The van der Waals surface area contributed by atoms with E-state index >= 15 is 0 Å². The molecule has 3 rings (SSSR count). The number of halogens is 2. The molecule has 2 aromatic rings. The third kappa shape index (κ3) is 2.20. The van der Waals surface area contributed by atoms with Gasteiger partial charge in [0.1, 0.15) is 16.4 Å². The molecule has 6 heteroatoms. The van der Waals surface area contributed by atoms with Crippen LogP contribution >= 0.6 is 27.7 Å². The molecule has 104 valence electrons. The highest BCUT2D eigenvalue weighted by Gasteiger charge is 2.35. The number of nitrogens with zero attached hydrogens (tertiary/aromatic N) is 3. The summed E-state index contributed by atoms with van der Waals surface area (Å²) >= 11 is 4.96. The third-order valence-electron chi connectivity index (χ3n) is 3.46. The average molecular weight is 354 g/mol. The molecular weight excluding hydrogens is 341 g/mol. The van der Waals surface area contributed by atoms with E-state index in [-0.39, 0.29) is 5.82 Å². The summed E-state index contributed by atoms with van der Waals surface area (Å²) in [6, 6.07) is 4.98. The van der Waals surface area contributed by atoms with Gasteiger partial charge in [0.25, 0.3) is 0 Å². The first-order valence-electron chi connectivity index (χ1n) is 6.13. The van der Waals surface area contributed by atoms with Gasteiger partial charge in [-0.1, -0.05) is 15.9 Å². The highest BCUT2D eigenvalue weighted by Crippen LogP contribution is 2.36. The lowest BCUT2D eigenvalue weighted by molar-refractivity contribution is 0.386. The molecule has 0 spiro atoms. The van der Waals surface area contributed by atoms with E-state index < -0.39 is 5.54 Å². The first-order chi connectivity index (χ1) is 9.53. The molecule has 1 aromatic carbocycles. The van der Waals surface area contributed by atoms with Crippen LogP contribution in [0.3, 0.4) is 0 Å².